The predicted molar refractivity (Wildman–Crippen MR) is 72.2 cm³/mol. The molecule has 4 heteroatoms. The van der Waals surface area contributed by atoms with Crippen LogP contribution in [-0.4, -0.2) is 20.8 Å². The van der Waals surface area contributed by atoms with E-state index in [1.54, 1.807) is 6.20 Å². The molecule has 0 atom stereocenters. The smallest absolute Gasteiger partial charge is 0.210 e. The molecule has 0 spiro atoms. The first kappa shape index (κ1) is 11.8. The van der Waals surface area contributed by atoms with Crippen molar-refractivity contribution in [2.75, 3.05) is 0 Å². The first-order valence-corrected chi connectivity index (χ1v) is 6.56. The Balaban J connectivity index is 1.85. The van der Waals surface area contributed by atoms with E-state index in [9.17, 15) is 4.79 Å². The van der Waals surface area contributed by atoms with Crippen molar-refractivity contribution < 1.29 is 4.79 Å². The third kappa shape index (κ3) is 2.47. The Labute approximate surface area is 111 Å². The molecule has 1 aliphatic rings. The Morgan fingerprint density at radius 3 is 2.74 bits per heavy atom. The van der Waals surface area contributed by atoms with Gasteiger partial charge in [-0.25, -0.2) is 0 Å². The zero-order valence-electron chi connectivity index (χ0n) is 10.6. The second-order valence-corrected chi connectivity index (χ2v) is 4.66. The lowest BCUT2D eigenvalue weighted by Crippen LogP contribution is -2.08. The zero-order chi connectivity index (χ0) is 13.1. The summed E-state index contributed by atoms with van der Waals surface area (Å²) in [5.41, 5.74) is 2.17. The summed E-state index contributed by atoms with van der Waals surface area (Å²) in [4.78, 5) is 13.8. The van der Waals surface area contributed by atoms with Gasteiger partial charge in [-0.2, -0.15) is 9.90 Å². The van der Waals surface area contributed by atoms with Crippen LogP contribution in [0, 0.1) is 0 Å². The fraction of sp³-hybridized carbons (Fsp3) is 0.267. The van der Waals surface area contributed by atoms with Gasteiger partial charge in [0.25, 0.3) is 0 Å². The molecule has 1 heterocycles. The van der Waals surface area contributed by atoms with Gasteiger partial charge in [-0.3, -0.25) is 4.79 Å². The Morgan fingerprint density at radius 1 is 1.16 bits per heavy atom. The highest BCUT2D eigenvalue weighted by molar-refractivity contribution is 6.07. The minimum atomic E-state index is 0.0156. The minimum absolute atomic E-state index is 0.0156. The number of carbonyl (C=O) groups excluding carboxylic acids is 1. The molecule has 96 valence electrons. The number of hydrogen-bond acceptors (Lipinski definition) is 3. The molecule has 0 radical (unpaired) electrons. The molecule has 1 aromatic carbocycles. The molecule has 1 aliphatic carbocycles. The summed E-state index contributed by atoms with van der Waals surface area (Å²) in [7, 11) is 0. The van der Waals surface area contributed by atoms with Gasteiger partial charge in [0, 0.05) is 0 Å². The first-order valence-electron chi connectivity index (χ1n) is 6.56. The van der Waals surface area contributed by atoms with Crippen molar-refractivity contribution in [3.63, 3.8) is 0 Å². The second kappa shape index (κ2) is 5.18. The molecule has 0 amide bonds. The van der Waals surface area contributed by atoms with Gasteiger partial charge >= 0.3 is 0 Å². The summed E-state index contributed by atoms with van der Waals surface area (Å²) < 4.78 is 0. The van der Waals surface area contributed by atoms with Gasteiger partial charge in [0.05, 0.1) is 11.9 Å². The molecule has 1 aromatic heterocycles. The monoisotopic (exact) mass is 253 g/mol. The SMILES string of the molecule is O=C(C1=CCCCC1)c1cnn(-c2ccccc2)n1. The van der Waals surface area contributed by atoms with Gasteiger partial charge in [-0.05, 0) is 43.4 Å². The van der Waals surface area contributed by atoms with Gasteiger partial charge < -0.3 is 0 Å². The Kier molecular flexibility index (Phi) is 3.23. The van der Waals surface area contributed by atoms with Crippen LogP contribution < -0.4 is 0 Å². The summed E-state index contributed by atoms with van der Waals surface area (Å²) >= 11 is 0. The number of rotatable bonds is 3. The van der Waals surface area contributed by atoms with Crippen molar-refractivity contribution in [2.24, 2.45) is 0 Å². The lowest BCUT2D eigenvalue weighted by atomic mass is 9.95. The quantitative estimate of drug-likeness (QED) is 0.790. The molecule has 0 aliphatic heterocycles. The molecule has 19 heavy (non-hydrogen) atoms. The van der Waals surface area contributed by atoms with Crippen molar-refractivity contribution in [1.29, 1.82) is 0 Å². The van der Waals surface area contributed by atoms with E-state index in [1.807, 2.05) is 36.4 Å². The largest absolute Gasteiger partial charge is 0.287 e. The maximum atomic E-state index is 12.3. The number of carbonyl (C=O) groups is 1. The van der Waals surface area contributed by atoms with Gasteiger partial charge in [-0.15, -0.1) is 5.10 Å². The summed E-state index contributed by atoms with van der Waals surface area (Å²) in [6, 6.07) is 9.60. The lowest BCUT2D eigenvalue weighted by molar-refractivity contribution is 0.102. The number of para-hydroxylation sites is 1. The Hall–Kier alpha value is -2.23. The molecule has 0 unspecified atom stereocenters. The number of allylic oxidation sites excluding steroid dienone is 2. The van der Waals surface area contributed by atoms with Crippen LogP contribution in [0.15, 0.2) is 48.2 Å². The van der Waals surface area contributed by atoms with E-state index in [0.717, 1.165) is 30.5 Å². The molecule has 0 bridgehead atoms. The van der Waals surface area contributed by atoms with E-state index in [2.05, 4.69) is 10.2 Å². The van der Waals surface area contributed by atoms with Gasteiger partial charge in [0.2, 0.25) is 5.78 Å². The van der Waals surface area contributed by atoms with Crippen LogP contribution in [0.25, 0.3) is 5.69 Å². The average molecular weight is 253 g/mol. The highest BCUT2D eigenvalue weighted by atomic mass is 16.1. The maximum Gasteiger partial charge on any atom is 0.210 e. The van der Waals surface area contributed by atoms with Crippen molar-refractivity contribution in [3.8, 4) is 5.69 Å². The average Bonchev–Trinajstić information content (AvgIpc) is 2.98. The number of Topliss-reactive ketones (excluding diaryl/α,β-unsaturated/α-hetero) is 1. The Bertz CT molecular complexity index is 613. The second-order valence-electron chi connectivity index (χ2n) is 4.66. The molecular weight excluding hydrogens is 238 g/mol. The van der Waals surface area contributed by atoms with E-state index in [0.29, 0.717) is 5.69 Å². The number of nitrogens with zero attached hydrogens (tertiary/aromatic N) is 3. The third-order valence-corrected chi connectivity index (χ3v) is 3.29. The number of ketones is 1. The molecule has 0 fully saturated rings. The van der Waals surface area contributed by atoms with Crippen LogP contribution in [0.2, 0.25) is 0 Å². The lowest BCUT2D eigenvalue weighted by Gasteiger charge is -2.09. The molecule has 0 saturated heterocycles. The molecule has 3 rings (SSSR count). The van der Waals surface area contributed by atoms with Crippen LogP contribution in [0.1, 0.15) is 36.2 Å². The van der Waals surface area contributed by atoms with Crippen LogP contribution in [0.3, 0.4) is 0 Å². The number of hydrogen-bond donors (Lipinski definition) is 0. The highest BCUT2D eigenvalue weighted by Crippen LogP contribution is 2.20. The number of aromatic nitrogens is 3. The number of benzene rings is 1. The predicted octanol–water partition coefficient (Wildman–Crippen LogP) is 2.95. The maximum absolute atomic E-state index is 12.3. The van der Waals surface area contributed by atoms with Crippen LogP contribution in [-0.2, 0) is 0 Å². The summed E-state index contributed by atoms with van der Waals surface area (Å²) in [5.74, 6) is 0.0156. The molecule has 0 N–H and O–H groups in total. The summed E-state index contributed by atoms with van der Waals surface area (Å²) in [5, 5.41) is 8.43. The first-order chi connectivity index (χ1) is 9.34. The van der Waals surface area contributed by atoms with Crippen molar-refractivity contribution >= 4 is 5.78 Å². The summed E-state index contributed by atoms with van der Waals surface area (Å²) in [6.45, 7) is 0. The Morgan fingerprint density at radius 2 is 2.00 bits per heavy atom. The van der Waals surface area contributed by atoms with E-state index >= 15 is 0 Å². The fourth-order valence-corrected chi connectivity index (χ4v) is 2.26. The normalized spacial score (nSPS) is 15.1. The summed E-state index contributed by atoms with van der Waals surface area (Å²) in [6.07, 6.45) is 7.70. The van der Waals surface area contributed by atoms with E-state index in [1.165, 1.54) is 11.2 Å². The standard InChI is InChI=1S/C15H15N3O/c19-15(12-7-3-1-4-8-12)14-11-16-18(17-14)13-9-5-2-6-10-13/h2,5-7,9-11H,1,3-4,8H2. The van der Waals surface area contributed by atoms with Crippen LogP contribution in [0.5, 0.6) is 0 Å². The van der Waals surface area contributed by atoms with Gasteiger partial charge in [0.15, 0.2) is 5.69 Å². The highest BCUT2D eigenvalue weighted by Gasteiger charge is 2.17. The molecular formula is C15H15N3O. The topological polar surface area (TPSA) is 47.8 Å². The fourth-order valence-electron chi connectivity index (χ4n) is 2.26. The van der Waals surface area contributed by atoms with E-state index < -0.39 is 0 Å². The van der Waals surface area contributed by atoms with Crippen LogP contribution in [0.4, 0.5) is 0 Å². The van der Waals surface area contributed by atoms with Crippen molar-refractivity contribution in [3.05, 3.63) is 53.9 Å². The zero-order valence-corrected chi connectivity index (χ0v) is 10.6. The molecule has 2 aromatic rings. The van der Waals surface area contributed by atoms with Crippen molar-refractivity contribution in [2.45, 2.75) is 25.7 Å². The van der Waals surface area contributed by atoms with E-state index in [-0.39, 0.29) is 5.78 Å². The van der Waals surface area contributed by atoms with Crippen molar-refractivity contribution in [1.82, 2.24) is 15.0 Å². The third-order valence-electron chi connectivity index (χ3n) is 3.29. The van der Waals surface area contributed by atoms with E-state index in [4.69, 9.17) is 0 Å². The molecule has 0 saturated carbocycles. The minimum Gasteiger partial charge on any atom is -0.287 e. The van der Waals surface area contributed by atoms with Gasteiger partial charge in [-0.1, -0.05) is 24.3 Å². The molecule has 4 nitrogen and oxygen atoms in total. The van der Waals surface area contributed by atoms with Gasteiger partial charge in [0.1, 0.15) is 0 Å². The van der Waals surface area contributed by atoms with Crippen LogP contribution >= 0.6 is 0 Å².